The van der Waals surface area contributed by atoms with Crippen molar-refractivity contribution in [3.05, 3.63) is 47.4 Å². The molecule has 0 unspecified atom stereocenters. The van der Waals surface area contributed by atoms with Crippen molar-refractivity contribution in [3.63, 3.8) is 0 Å². The quantitative estimate of drug-likeness (QED) is 0.772. The molecule has 0 aliphatic heterocycles. The molecule has 3 nitrogen and oxygen atoms in total. The highest BCUT2D eigenvalue weighted by Crippen LogP contribution is 2.17. The zero-order chi connectivity index (χ0) is 11.5. The van der Waals surface area contributed by atoms with Crippen LogP contribution in [0, 0.1) is 5.82 Å². The minimum atomic E-state index is -0.500. The van der Waals surface area contributed by atoms with E-state index in [4.69, 9.17) is 16.0 Å². The van der Waals surface area contributed by atoms with Crippen molar-refractivity contribution in [1.82, 2.24) is 4.98 Å². The first-order chi connectivity index (χ1) is 7.66. The SMILES string of the molecule is CN(Cc1cnc(Cl)c(F)c1)c1ccoc1. The van der Waals surface area contributed by atoms with E-state index in [-0.39, 0.29) is 5.15 Å². The fourth-order valence-corrected chi connectivity index (χ4v) is 1.49. The van der Waals surface area contributed by atoms with E-state index in [2.05, 4.69) is 4.98 Å². The normalized spacial score (nSPS) is 10.4. The van der Waals surface area contributed by atoms with Crippen LogP contribution in [0.15, 0.2) is 35.3 Å². The molecule has 84 valence electrons. The molecule has 5 heteroatoms. The second-order valence-electron chi connectivity index (χ2n) is 3.45. The van der Waals surface area contributed by atoms with Crippen LogP contribution < -0.4 is 4.90 Å². The van der Waals surface area contributed by atoms with Crippen LogP contribution in [0.5, 0.6) is 0 Å². The van der Waals surface area contributed by atoms with Gasteiger partial charge in [-0.05, 0) is 17.7 Å². The average Bonchev–Trinajstić information content (AvgIpc) is 2.77. The molecule has 0 saturated carbocycles. The third-order valence-electron chi connectivity index (χ3n) is 2.22. The standard InChI is InChI=1S/C11H10ClFN2O/c1-15(9-2-3-16-7-9)6-8-4-10(13)11(12)14-5-8/h2-5,7H,6H2,1H3. The number of rotatable bonds is 3. The maximum absolute atomic E-state index is 13.1. The van der Waals surface area contributed by atoms with Gasteiger partial charge in [0.1, 0.15) is 6.26 Å². The molecule has 0 amide bonds. The van der Waals surface area contributed by atoms with Gasteiger partial charge in [-0.2, -0.15) is 0 Å². The first-order valence-electron chi connectivity index (χ1n) is 4.70. The highest BCUT2D eigenvalue weighted by Gasteiger charge is 2.06. The van der Waals surface area contributed by atoms with E-state index in [0.717, 1.165) is 11.3 Å². The van der Waals surface area contributed by atoms with Gasteiger partial charge in [-0.25, -0.2) is 9.37 Å². The van der Waals surface area contributed by atoms with E-state index in [9.17, 15) is 4.39 Å². The van der Waals surface area contributed by atoms with E-state index in [1.165, 1.54) is 6.07 Å². The molecule has 0 saturated heterocycles. The summed E-state index contributed by atoms with van der Waals surface area (Å²) in [7, 11) is 1.89. The first kappa shape index (κ1) is 11.0. The highest BCUT2D eigenvalue weighted by molar-refractivity contribution is 6.29. The fraction of sp³-hybridized carbons (Fsp3) is 0.182. The molecule has 16 heavy (non-hydrogen) atoms. The Morgan fingerprint density at radius 3 is 3.00 bits per heavy atom. The Bertz CT molecular complexity index is 473. The largest absolute Gasteiger partial charge is 0.470 e. The van der Waals surface area contributed by atoms with Crippen molar-refractivity contribution in [2.45, 2.75) is 6.54 Å². The Morgan fingerprint density at radius 1 is 1.56 bits per heavy atom. The fourth-order valence-electron chi connectivity index (χ4n) is 1.39. The summed E-state index contributed by atoms with van der Waals surface area (Å²) in [5, 5.41) is -0.102. The van der Waals surface area contributed by atoms with Crippen LogP contribution in [0.25, 0.3) is 0 Å². The van der Waals surface area contributed by atoms with Gasteiger partial charge in [0.2, 0.25) is 0 Å². The molecular formula is C11H10ClFN2O. The lowest BCUT2D eigenvalue weighted by Crippen LogP contribution is -2.15. The molecular weight excluding hydrogens is 231 g/mol. The van der Waals surface area contributed by atoms with Crippen molar-refractivity contribution in [1.29, 1.82) is 0 Å². The van der Waals surface area contributed by atoms with Crippen LogP contribution in [0.2, 0.25) is 5.15 Å². The molecule has 0 aliphatic rings. The van der Waals surface area contributed by atoms with E-state index in [1.807, 2.05) is 18.0 Å². The minimum absolute atomic E-state index is 0.102. The molecule has 2 aromatic rings. The average molecular weight is 241 g/mol. The highest BCUT2D eigenvalue weighted by atomic mass is 35.5. The number of halogens is 2. The summed E-state index contributed by atoms with van der Waals surface area (Å²) in [6.45, 7) is 0.542. The Hall–Kier alpha value is -1.55. The summed E-state index contributed by atoms with van der Waals surface area (Å²) in [5.74, 6) is -0.500. The Kier molecular flexibility index (Phi) is 3.10. The summed E-state index contributed by atoms with van der Waals surface area (Å²) < 4.78 is 18.1. The zero-order valence-corrected chi connectivity index (χ0v) is 9.41. The van der Waals surface area contributed by atoms with Crippen LogP contribution in [-0.4, -0.2) is 12.0 Å². The first-order valence-corrected chi connectivity index (χ1v) is 5.08. The number of hydrogen-bond acceptors (Lipinski definition) is 3. The summed E-state index contributed by atoms with van der Waals surface area (Å²) in [4.78, 5) is 5.68. The van der Waals surface area contributed by atoms with Gasteiger partial charge in [0, 0.05) is 19.8 Å². The van der Waals surface area contributed by atoms with E-state index < -0.39 is 5.82 Å². The molecule has 2 rings (SSSR count). The summed E-state index contributed by atoms with van der Waals surface area (Å²) >= 11 is 5.50. The van der Waals surface area contributed by atoms with Crippen molar-refractivity contribution in [3.8, 4) is 0 Å². The molecule has 0 bridgehead atoms. The second kappa shape index (κ2) is 4.53. The van der Waals surface area contributed by atoms with Gasteiger partial charge in [0.15, 0.2) is 11.0 Å². The molecule has 0 aromatic carbocycles. The van der Waals surface area contributed by atoms with Gasteiger partial charge in [-0.15, -0.1) is 0 Å². The van der Waals surface area contributed by atoms with Crippen LogP contribution in [-0.2, 0) is 6.54 Å². The molecule has 0 radical (unpaired) electrons. The monoisotopic (exact) mass is 240 g/mol. The lowest BCUT2D eigenvalue weighted by molar-refractivity contribution is 0.566. The molecule has 0 aliphatic carbocycles. The van der Waals surface area contributed by atoms with Crippen LogP contribution in [0.3, 0.4) is 0 Å². The van der Waals surface area contributed by atoms with Gasteiger partial charge in [0.25, 0.3) is 0 Å². The lowest BCUT2D eigenvalue weighted by atomic mass is 10.2. The maximum atomic E-state index is 13.1. The predicted octanol–water partition coefficient (Wildman–Crippen LogP) is 3.10. The molecule has 2 heterocycles. The lowest BCUT2D eigenvalue weighted by Gasteiger charge is -2.16. The van der Waals surface area contributed by atoms with E-state index in [0.29, 0.717) is 6.54 Å². The maximum Gasteiger partial charge on any atom is 0.164 e. The van der Waals surface area contributed by atoms with Crippen molar-refractivity contribution in [2.75, 3.05) is 11.9 Å². The number of furan rings is 1. The molecule has 0 atom stereocenters. The van der Waals surface area contributed by atoms with Gasteiger partial charge in [-0.1, -0.05) is 11.6 Å². The number of nitrogens with zero attached hydrogens (tertiary/aromatic N) is 2. The van der Waals surface area contributed by atoms with Gasteiger partial charge < -0.3 is 9.32 Å². The predicted molar refractivity (Wildman–Crippen MR) is 60.0 cm³/mol. The number of anilines is 1. The summed E-state index contributed by atoms with van der Waals surface area (Å²) in [6, 6.07) is 3.21. The molecule has 0 N–H and O–H groups in total. The number of hydrogen-bond donors (Lipinski definition) is 0. The Morgan fingerprint density at radius 2 is 2.38 bits per heavy atom. The summed E-state index contributed by atoms with van der Waals surface area (Å²) in [6.07, 6.45) is 4.77. The Labute approximate surface area is 97.5 Å². The van der Waals surface area contributed by atoms with Crippen molar-refractivity contribution in [2.24, 2.45) is 0 Å². The Balaban J connectivity index is 2.12. The topological polar surface area (TPSA) is 29.3 Å². The summed E-state index contributed by atoms with van der Waals surface area (Å²) in [5.41, 5.74) is 1.68. The third-order valence-corrected chi connectivity index (χ3v) is 2.50. The molecule has 0 fully saturated rings. The van der Waals surface area contributed by atoms with Crippen molar-refractivity contribution < 1.29 is 8.81 Å². The van der Waals surface area contributed by atoms with Crippen LogP contribution >= 0.6 is 11.6 Å². The number of pyridine rings is 1. The smallest absolute Gasteiger partial charge is 0.164 e. The number of aromatic nitrogens is 1. The van der Waals surface area contributed by atoms with Crippen LogP contribution in [0.1, 0.15) is 5.56 Å². The molecule has 0 spiro atoms. The van der Waals surface area contributed by atoms with E-state index >= 15 is 0 Å². The molecule has 2 aromatic heterocycles. The van der Waals surface area contributed by atoms with Crippen molar-refractivity contribution >= 4 is 17.3 Å². The second-order valence-corrected chi connectivity index (χ2v) is 3.81. The van der Waals surface area contributed by atoms with E-state index in [1.54, 1.807) is 18.7 Å². The zero-order valence-electron chi connectivity index (χ0n) is 8.65. The van der Waals surface area contributed by atoms with Crippen LogP contribution in [0.4, 0.5) is 10.1 Å². The van der Waals surface area contributed by atoms with Gasteiger partial charge in [-0.3, -0.25) is 0 Å². The van der Waals surface area contributed by atoms with Gasteiger partial charge in [0.05, 0.1) is 12.0 Å². The third kappa shape index (κ3) is 2.33. The minimum Gasteiger partial charge on any atom is -0.470 e. The van der Waals surface area contributed by atoms with Gasteiger partial charge >= 0.3 is 0 Å².